The molecular weight excluding hydrogens is 412 g/mol. The summed E-state index contributed by atoms with van der Waals surface area (Å²) in [5.74, 6) is 0.609. The van der Waals surface area contributed by atoms with Crippen LogP contribution in [0.4, 0.5) is 5.69 Å². The summed E-state index contributed by atoms with van der Waals surface area (Å²) in [7, 11) is 2.13. The molecule has 1 heterocycles. The van der Waals surface area contributed by atoms with Gasteiger partial charge in [-0.15, -0.1) is 0 Å². The summed E-state index contributed by atoms with van der Waals surface area (Å²) in [5, 5.41) is 11.6. The van der Waals surface area contributed by atoms with Crippen molar-refractivity contribution in [3.05, 3.63) is 95.1 Å². The first-order chi connectivity index (χ1) is 16.0. The zero-order valence-corrected chi connectivity index (χ0v) is 18.9. The van der Waals surface area contributed by atoms with Gasteiger partial charge in [0.1, 0.15) is 11.9 Å². The van der Waals surface area contributed by atoms with Crippen LogP contribution in [0, 0.1) is 5.41 Å². The average molecular weight is 443 g/mol. The molecule has 4 rings (SSSR count). The lowest BCUT2D eigenvalue weighted by Gasteiger charge is -2.29. The van der Waals surface area contributed by atoms with E-state index in [2.05, 4.69) is 17.3 Å². The topological polar surface area (TPSA) is 91.4 Å². The second-order valence-corrected chi connectivity index (χ2v) is 8.49. The molecule has 1 aliphatic rings. The minimum absolute atomic E-state index is 0.199. The quantitative estimate of drug-likeness (QED) is 0.380. The van der Waals surface area contributed by atoms with E-state index in [4.69, 9.17) is 15.9 Å². The number of nitrogens with zero attached hydrogens (tertiary/aromatic N) is 1. The Hall–Kier alpha value is -3.64. The van der Waals surface area contributed by atoms with E-state index in [0.717, 1.165) is 42.8 Å². The Morgan fingerprint density at radius 1 is 1.03 bits per heavy atom. The van der Waals surface area contributed by atoms with Gasteiger partial charge < -0.3 is 20.7 Å². The first-order valence-corrected chi connectivity index (χ1v) is 11.3. The lowest BCUT2D eigenvalue weighted by atomic mass is 9.98. The zero-order valence-electron chi connectivity index (χ0n) is 18.9. The molecule has 33 heavy (non-hydrogen) atoms. The van der Waals surface area contributed by atoms with Crippen molar-refractivity contribution in [2.75, 3.05) is 25.9 Å². The van der Waals surface area contributed by atoms with Crippen molar-refractivity contribution >= 4 is 17.3 Å². The first kappa shape index (κ1) is 22.6. The second-order valence-electron chi connectivity index (χ2n) is 8.49. The van der Waals surface area contributed by atoms with Crippen molar-refractivity contribution in [3.63, 3.8) is 0 Å². The highest BCUT2D eigenvalue weighted by molar-refractivity contribution is 6.14. The summed E-state index contributed by atoms with van der Waals surface area (Å²) in [5.41, 5.74) is 9.65. The highest BCUT2D eigenvalue weighted by Crippen LogP contribution is 2.23. The number of likely N-dealkylation sites (tertiary alicyclic amines) is 1. The molecule has 1 amide bonds. The van der Waals surface area contributed by atoms with E-state index >= 15 is 0 Å². The van der Waals surface area contributed by atoms with Crippen molar-refractivity contribution < 1.29 is 9.53 Å². The van der Waals surface area contributed by atoms with Gasteiger partial charge in [-0.25, -0.2) is 0 Å². The molecule has 0 aromatic heterocycles. The molecule has 0 radical (unpaired) electrons. The summed E-state index contributed by atoms with van der Waals surface area (Å²) in [6, 6.07) is 22.3. The Morgan fingerprint density at radius 2 is 1.70 bits per heavy atom. The van der Waals surface area contributed by atoms with Crippen LogP contribution in [0.25, 0.3) is 0 Å². The fourth-order valence-corrected chi connectivity index (χ4v) is 3.95. The smallest absolute Gasteiger partial charge is 0.251 e. The van der Waals surface area contributed by atoms with E-state index in [-0.39, 0.29) is 17.7 Å². The van der Waals surface area contributed by atoms with Gasteiger partial charge in [-0.2, -0.15) is 0 Å². The average Bonchev–Trinajstić information content (AvgIpc) is 2.85. The van der Waals surface area contributed by atoms with Crippen molar-refractivity contribution in [2.24, 2.45) is 0 Å². The molecule has 0 spiro atoms. The molecule has 1 fully saturated rings. The molecule has 0 unspecified atom stereocenters. The van der Waals surface area contributed by atoms with Crippen LogP contribution < -0.4 is 15.8 Å². The summed E-state index contributed by atoms with van der Waals surface area (Å²) in [4.78, 5) is 15.0. The van der Waals surface area contributed by atoms with Crippen LogP contribution in [0.15, 0.2) is 72.8 Å². The van der Waals surface area contributed by atoms with E-state index < -0.39 is 0 Å². The fraction of sp³-hybridized carbons (Fsp3) is 0.259. The minimum Gasteiger partial charge on any atom is -0.490 e. The number of carbonyl (C=O) groups excluding carboxylic acids is 1. The number of piperidine rings is 1. The molecular formula is C27H30N4O2. The number of rotatable bonds is 7. The Kier molecular flexibility index (Phi) is 7.05. The highest BCUT2D eigenvalue weighted by Gasteiger charge is 2.18. The Balaban J connectivity index is 1.42. The van der Waals surface area contributed by atoms with Crippen LogP contribution in [-0.4, -0.2) is 42.8 Å². The van der Waals surface area contributed by atoms with Gasteiger partial charge in [0.05, 0.1) is 5.71 Å². The number of amides is 1. The van der Waals surface area contributed by atoms with Gasteiger partial charge >= 0.3 is 0 Å². The van der Waals surface area contributed by atoms with Crippen LogP contribution in [0.5, 0.6) is 5.75 Å². The predicted molar refractivity (Wildman–Crippen MR) is 132 cm³/mol. The lowest BCUT2D eigenvalue weighted by molar-refractivity contribution is 0.0951. The van der Waals surface area contributed by atoms with Crippen LogP contribution in [0.2, 0.25) is 0 Å². The Bertz CT molecular complexity index is 1100. The van der Waals surface area contributed by atoms with Crippen molar-refractivity contribution in [3.8, 4) is 5.75 Å². The molecule has 6 heteroatoms. The maximum atomic E-state index is 12.7. The number of nitrogens with one attached hydrogen (secondary N) is 2. The maximum absolute atomic E-state index is 12.7. The number of anilines is 1. The summed E-state index contributed by atoms with van der Waals surface area (Å²) in [6.07, 6.45) is 2.27. The van der Waals surface area contributed by atoms with Crippen molar-refractivity contribution in [1.82, 2.24) is 10.2 Å². The van der Waals surface area contributed by atoms with E-state index in [1.54, 1.807) is 18.2 Å². The van der Waals surface area contributed by atoms with Gasteiger partial charge in [0.25, 0.3) is 5.91 Å². The van der Waals surface area contributed by atoms with Crippen molar-refractivity contribution in [1.29, 1.82) is 5.41 Å². The van der Waals surface area contributed by atoms with E-state index in [1.165, 1.54) is 0 Å². The van der Waals surface area contributed by atoms with Crippen molar-refractivity contribution in [2.45, 2.75) is 25.5 Å². The lowest BCUT2D eigenvalue weighted by Crippen LogP contribution is -2.35. The third kappa shape index (κ3) is 5.79. The minimum atomic E-state index is -0.199. The summed E-state index contributed by atoms with van der Waals surface area (Å²) >= 11 is 0. The van der Waals surface area contributed by atoms with Gasteiger partial charge in [-0.05, 0) is 67.9 Å². The normalized spacial score (nSPS) is 14.6. The van der Waals surface area contributed by atoms with E-state index in [0.29, 0.717) is 23.4 Å². The largest absolute Gasteiger partial charge is 0.490 e. The SMILES string of the molecule is CN1CCC(Oc2ccc(C(=N)c3cc(C(=O)NCc4ccccc4)ccc3N)cc2)CC1. The number of carbonyl (C=O) groups is 1. The molecule has 0 bridgehead atoms. The van der Waals surface area contributed by atoms with Crippen LogP contribution in [0.1, 0.15) is 39.9 Å². The molecule has 1 aliphatic heterocycles. The molecule has 0 atom stereocenters. The fourth-order valence-electron chi connectivity index (χ4n) is 3.95. The van der Waals surface area contributed by atoms with Gasteiger partial charge in [0.15, 0.2) is 0 Å². The van der Waals surface area contributed by atoms with E-state index in [1.807, 2.05) is 54.6 Å². The molecule has 0 aliphatic carbocycles. The molecule has 6 nitrogen and oxygen atoms in total. The van der Waals surface area contributed by atoms with Crippen LogP contribution >= 0.6 is 0 Å². The first-order valence-electron chi connectivity index (χ1n) is 11.3. The molecule has 4 N–H and O–H groups in total. The second kappa shape index (κ2) is 10.3. The number of hydrogen-bond acceptors (Lipinski definition) is 5. The number of nitrogen functional groups attached to an aromatic ring is 1. The molecule has 3 aromatic carbocycles. The van der Waals surface area contributed by atoms with Crippen LogP contribution in [-0.2, 0) is 6.54 Å². The zero-order chi connectivity index (χ0) is 23.2. The Labute approximate surface area is 194 Å². The third-order valence-corrected chi connectivity index (χ3v) is 5.99. The van der Waals surface area contributed by atoms with Crippen LogP contribution in [0.3, 0.4) is 0 Å². The summed E-state index contributed by atoms with van der Waals surface area (Å²) in [6.45, 7) is 2.53. The van der Waals surface area contributed by atoms with Gasteiger partial charge in [-0.1, -0.05) is 30.3 Å². The number of benzene rings is 3. The Morgan fingerprint density at radius 3 is 2.39 bits per heavy atom. The summed E-state index contributed by atoms with van der Waals surface area (Å²) < 4.78 is 6.11. The van der Waals surface area contributed by atoms with Gasteiger partial charge in [0, 0.05) is 42.0 Å². The monoisotopic (exact) mass is 442 g/mol. The third-order valence-electron chi connectivity index (χ3n) is 5.99. The molecule has 170 valence electrons. The standard InChI is InChI=1S/C27H30N4O2/c1-31-15-13-23(14-16-31)33-22-10-7-20(8-11-22)26(29)24-17-21(9-12-25(24)28)27(32)30-18-19-5-3-2-4-6-19/h2-12,17,23,29H,13-16,18,28H2,1H3,(H,30,32). The van der Waals surface area contributed by atoms with E-state index in [9.17, 15) is 4.79 Å². The van der Waals surface area contributed by atoms with Gasteiger partial charge in [-0.3, -0.25) is 10.2 Å². The number of ether oxygens (including phenoxy) is 1. The molecule has 0 saturated carbocycles. The maximum Gasteiger partial charge on any atom is 0.251 e. The predicted octanol–water partition coefficient (Wildman–Crippen LogP) is 4.09. The molecule has 3 aromatic rings. The number of nitrogens with two attached hydrogens (primary N) is 1. The molecule has 1 saturated heterocycles. The van der Waals surface area contributed by atoms with Gasteiger partial charge in [0.2, 0.25) is 0 Å². The highest BCUT2D eigenvalue weighted by atomic mass is 16.5. The number of hydrogen-bond donors (Lipinski definition) is 3.